The second-order valence-corrected chi connectivity index (χ2v) is 3.99. The monoisotopic (exact) mass is 219 g/mol. The summed E-state index contributed by atoms with van der Waals surface area (Å²) in [7, 11) is 3.65. The van der Waals surface area contributed by atoms with Gasteiger partial charge in [-0.05, 0) is 32.5 Å². The third kappa shape index (κ3) is 1.91. The summed E-state index contributed by atoms with van der Waals surface area (Å²) in [5.74, 6) is 0.879. The van der Waals surface area contributed by atoms with Crippen molar-refractivity contribution in [3.05, 3.63) is 30.0 Å². The number of hydrogen-bond acceptors (Lipinski definition) is 3. The van der Waals surface area contributed by atoms with Crippen LogP contribution >= 0.6 is 0 Å². The minimum atomic E-state index is 0.422. The Morgan fingerprint density at radius 1 is 1.44 bits per heavy atom. The highest BCUT2D eigenvalue weighted by molar-refractivity contribution is 5.87. The molecule has 86 valence electrons. The number of likely N-dealkylation sites (N-methyl/N-ethyl adjacent to an activating group) is 1. The zero-order chi connectivity index (χ0) is 11.5. The van der Waals surface area contributed by atoms with Crippen molar-refractivity contribution in [2.45, 2.75) is 19.4 Å². The van der Waals surface area contributed by atoms with Crippen molar-refractivity contribution in [3.63, 3.8) is 0 Å². The van der Waals surface area contributed by atoms with E-state index in [0.29, 0.717) is 6.04 Å². The van der Waals surface area contributed by atoms with Crippen molar-refractivity contribution in [1.82, 2.24) is 5.32 Å². The van der Waals surface area contributed by atoms with Gasteiger partial charge in [-0.2, -0.15) is 0 Å². The van der Waals surface area contributed by atoms with Crippen LogP contribution in [0.15, 0.2) is 28.9 Å². The third-order valence-corrected chi connectivity index (χ3v) is 2.88. The molecule has 1 atom stereocenters. The number of ether oxygens (including phenoxy) is 1. The summed E-state index contributed by atoms with van der Waals surface area (Å²) in [6.07, 6.45) is 2.75. The first-order valence-corrected chi connectivity index (χ1v) is 5.46. The van der Waals surface area contributed by atoms with Gasteiger partial charge >= 0.3 is 0 Å². The Morgan fingerprint density at radius 3 is 2.94 bits per heavy atom. The van der Waals surface area contributed by atoms with Crippen LogP contribution in [0.1, 0.15) is 12.5 Å². The molecule has 0 aliphatic rings. The standard InChI is InChI=1S/C13H17NO2/c1-9(14-2)7-10-8-16-12-6-4-5-11(15-3)13(10)12/h4-6,8-9,14H,7H2,1-3H3. The summed E-state index contributed by atoms with van der Waals surface area (Å²) < 4.78 is 10.9. The van der Waals surface area contributed by atoms with Crippen LogP contribution in [0, 0.1) is 0 Å². The molecule has 2 aromatic rings. The molecular weight excluding hydrogens is 202 g/mol. The number of fused-ring (bicyclic) bond motifs is 1. The molecule has 16 heavy (non-hydrogen) atoms. The molecule has 3 nitrogen and oxygen atoms in total. The van der Waals surface area contributed by atoms with Gasteiger partial charge in [0.15, 0.2) is 0 Å². The van der Waals surface area contributed by atoms with Crippen LogP contribution in [0.3, 0.4) is 0 Å². The maximum Gasteiger partial charge on any atom is 0.137 e. The zero-order valence-corrected chi connectivity index (χ0v) is 9.91. The van der Waals surface area contributed by atoms with E-state index in [1.54, 1.807) is 7.11 Å². The molecule has 0 spiro atoms. The Labute approximate surface area is 95.4 Å². The lowest BCUT2D eigenvalue weighted by atomic mass is 10.1. The van der Waals surface area contributed by atoms with Crippen LogP contribution in [0.25, 0.3) is 11.0 Å². The van der Waals surface area contributed by atoms with Gasteiger partial charge in [0.2, 0.25) is 0 Å². The molecule has 0 saturated heterocycles. The van der Waals surface area contributed by atoms with Crippen LogP contribution in [0.5, 0.6) is 5.75 Å². The third-order valence-electron chi connectivity index (χ3n) is 2.88. The maximum atomic E-state index is 5.53. The quantitative estimate of drug-likeness (QED) is 0.858. The van der Waals surface area contributed by atoms with Gasteiger partial charge in [-0.15, -0.1) is 0 Å². The zero-order valence-electron chi connectivity index (χ0n) is 9.91. The number of methoxy groups -OCH3 is 1. The van der Waals surface area contributed by atoms with E-state index in [9.17, 15) is 0 Å². The van der Waals surface area contributed by atoms with E-state index < -0.39 is 0 Å². The first-order valence-electron chi connectivity index (χ1n) is 5.46. The van der Waals surface area contributed by atoms with Crippen LogP contribution < -0.4 is 10.1 Å². The topological polar surface area (TPSA) is 34.4 Å². The van der Waals surface area contributed by atoms with E-state index in [1.165, 1.54) is 5.56 Å². The first-order chi connectivity index (χ1) is 7.76. The lowest BCUT2D eigenvalue weighted by Gasteiger charge is -2.09. The second-order valence-electron chi connectivity index (χ2n) is 3.99. The van der Waals surface area contributed by atoms with E-state index >= 15 is 0 Å². The van der Waals surface area contributed by atoms with Gasteiger partial charge in [-0.3, -0.25) is 0 Å². The smallest absolute Gasteiger partial charge is 0.137 e. The maximum absolute atomic E-state index is 5.53. The molecule has 0 aliphatic carbocycles. The first kappa shape index (κ1) is 11.0. The molecule has 1 unspecified atom stereocenters. The molecule has 1 heterocycles. The highest BCUT2D eigenvalue weighted by Crippen LogP contribution is 2.30. The Kier molecular flexibility index (Phi) is 3.15. The van der Waals surface area contributed by atoms with Crippen LogP contribution in [0.2, 0.25) is 0 Å². The Hall–Kier alpha value is -1.48. The number of nitrogens with one attached hydrogen (secondary N) is 1. The summed E-state index contributed by atoms with van der Waals surface area (Å²) in [4.78, 5) is 0. The molecule has 0 radical (unpaired) electrons. The molecule has 3 heteroatoms. The number of hydrogen-bond donors (Lipinski definition) is 1. The second kappa shape index (κ2) is 4.58. The van der Waals surface area contributed by atoms with Gasteiger partial charge in [0.25, 0.3) is 0 Å². The lowest BCUT2D eigenvalue weighted by molar-refractivity contribution is 0.419. The number of benzene rings is 1. The van der Waals surface area contributed by atoms with Gasteiger partial charge in [0, 0.05) is 11.6 Å². The average molecular weight is 219 g/mol. The largest absolute Gasteiger partial charge is 0.496 e. The summed E-state index contributed by atoms with van der Waals surface area (Å²) in [6, 6.07) is 6.29. The van der Waals surface area contributed by atoms with Gasteiger partial charge < -0.3 is 14.5 Å². The molecule has 2 rings (SSSR count). The number of furan rings is 1. The molecule has 1 aromatic carbocycles. The minimum absolute atomic E-state index is 0.422. The number of rotatable bonds is 4. The van der Waals surface area contributed by atoms with Crippen LogP contribution in [-0.4, -0.2) is 20.2 Å². The van der Waals surface area contributed by atoms with Crippen LogP contribution in [-0.2, 0) is 6.42 Å². The molecule has 1 N–H and O–H groups in total. The summed E-state index contributed by atoms with van der Waals surface area (Å²) in [5, 5.41) is 4.31. The summed E-state index contributed by atoms with van der Waals surface area (Å²) in [5.41, 5.74) is 2.08. The Balaban J connectivity index is 2.45. The molecule has 0 aliphatic heterocycles. The fourth-order valence-corrected chi connectivity index (χ4v) is 1.87. The minimum Gasteiger partial charge on any atom is -0.496 e. The van der Waals surface area contributed by atoms with Crippen molar-refractivity contribution in [2.75, 3.05) is 14.2 Å². The van der Waals surface area contributed by atoms with Crippen molar-refractivity contribution in [1.29, 1.82) is 0 Å². The normalized spacial score (nSPS) is 12.9. The lowest BCUT2D eigenvalue weighted by Crippen LogP contribution is -2.23. The van der Waals surface area contributed by atoms with Gasteiger partial charge in [0.1, 0.15) is 11.3 Å². The molecule has 0 fully saturated rings. The summed E-state index contributed by atoms with van der Waals surface area (Å²) in [6.45, 7) is 2.15. The van der Waals surface area contributed by atoms with Gasteiger partial charge in [0.05, 0.1) is 18.8 Å². The van der Waals surface area contributed by atoms with Crippen molar-refractivity contribution in [3.8, 4) is 5.75 Å². The predicted octanol–water partition coefficient (Wildman–Crippen LogP) is 2.59. The van der Waals surface area contributed by atoms with E-state index in [-0.39, 0.29) is 0 Å². The molecule has 0 bridgehead atoms. The SMILES string of the molecule is CNC(C)Cc1coc2cccc(OC)c12. The predicted molar refractivity (Wildman–Crippen MR) is 65.0 cm³/mol. The Bertz CT molecular complexity index is 476. The fraction of sp³-hybridized carbons (Fsp3) is 0.385. The molecule has 0 saturated carbocycles. The van der Waals surface area contributed by atoms with Crippen molar-refractivity contribution in [2.24, 2.45) is 0 Å². The Morgan fingerprint density at radius 2 is 2.25 bits per heavy atom. The van der Waals surface area contributed by atoms with Crippen LogP contribution in [0.4, 0.5) is 0 Å². The molecular formula is C13H17NO2. The van der Waals surface area contributed by atoms with Crippen molar-refractivity contribution >= 4 is 11.0 Å². The van der Waals surface area contributed by atoms with E-state index in [0.717, 1.165) is 23.1 Å². The highest BCUT2D eigenvalue weighted by atomic mass is 16.5. The van der Waals surface area contributed by atoms with E-state index in [2.05, 4.69) is 12.2 Å². The molecule has 1 aromatic heterocycles. The summed E-state index contributed by atoms with van der Waals surface area (Å²) >= 11 is 0. The van der Waals surface area contributed by atoms with Crippen molar-refractivity contribution < 1.29 is 9.15 Å². The van der Waals surface area contributed by atoms with Gasteiger partial charge in [-0.1, -0.05) is 6.07 Å². The highest BCUT2D eigenvalue weighted by Gasteiger charge is 2.12. The van der Waals surface area contributed by atoms with E-state index in [4.69, 9.17) is 9.15 Å². The fourth-order valence-electron chi connectivity index (χ4n) is 1.87. The molecule has 0 amide bonds. The van der Waals surface area contributed by atoms with E-state index in [1.807, 2.05) is 31.5 Å². The van der Waals surface area contributed by atoms with Gasteiger partial charge in [-0.25, -0.2) is 0 Å². The average Bonchev–Trinajstić information content (AvgIpc) is 2.72.